The second kappa shape index (κ2) is 6.12. The molecule has 0 bridgehead atoms. The molecule has 0 unspecified atom stereocenters. The molecule has 0 saturated carbocycles. The van der Waals surface area contributed by atoms with E-state index in [1.807, 2.05) is 0 Å². The topological polar surface area (TPSA) is 26.3 Å². The van der Waals surface area contributed by atoms with Gasteiger partial charge in [-0.1, -0.05) is 23.2 Å². The summed E-state index contributed by atoms with van der Waals surface area (Å²) in [7, 11) is 1.41. The van der Waals surface area contributed by atoms with E-state index in [9.17, 15) is 9.18 Å². The van der Waals surface area contributed by atoms with Gasteiger partial charge >= 0.3 is 0 Å². The van der Waals surface area contributed by atoms with Crippen molar-refractivity contribution in [2.45, 2.75) is 0 Å². The van der Waals surface area contributed by atoms with Crippen molar-refractivity contribution < 1.29 is 13.9 Å². The Morgan fingerprint density at radius 1 is 1.20 bits per heavy atom. The highest BCUT2D eigenvalue weighted by Gasteiger charge is 2.19. The van der Waals surface area contributed by atoms with E-state index in [-0.39, 0.29) is 21.9 Å². The van der Waals surface area contributed by atoms with Crippen LogP contribution in [-0.4, -0.2) is 12.9 Å². The summed E-state index contributed by atoms with van der Waals surface area (Å²) in [6.45, 7) is 0. The van der Waals surface area contributed by atoms with E-state index in [2.05, 4.69) is 15.9 Å². The number of halogens is 4. The molecule has 2 nitrogen and oxygen atoms in total. The number of hydrogen-bond donors (Lipinski definition) is 0. The van der Waals surface area contributed by atoms with Crippen LogP contribution in [0.2, 0.25) is 10.0 Å². The fourth-order valence-corrected chi connectivity index (χ4v) is 2.34. The van der Waals surface area contributed by atoms with Crippen LogP contribution in [0.1, 0.15) is 15.9 Å². The van der Waals surface area contributed by atoms with Crippen LogP contribution in [0.25, 0.3) is 0 Å². The van der Waals surface area contributed by atoms with Crippen LogP contribution in [0.3, 0.4) is 0 Å². The molecule has 2 aromatic carbocycles. The SMILES string of the molecule is COc1cc(Cl)ccc1C(=O)c1cc(Cl)c(Br)cc1F. The first kappa shape index (κ1) is 15.3. The fraction of sp³-hybridized carbons (Fsp3) is 0.0714. The van der Waals surface area contributed by atoms with Crippen LogP contribution in [0.15, 0.2) is 34.8 Å². The van der Waals surface area contributed by atoms with Gasteiger partial charge in [0.1, 0.15) is 11.6 Å². The Bertz CT molecular complexity index is 689. The summed E-state index contributed by atoms with van der Waals surface area (Å²) in [5.74, 6) is -0.908. The number of carbonyl (C=O) groups excluding carboxylic acids is 1. The second-order valence-corrected chi connectivity index (χ2v) is 5.62. The van der Waals surface area contributed by atoms with Gasteiger partial charge in [0.25, 0.3) is 0 Å². The van der Waals surface area contributed by atoms with Crippen molar-refractivity contribution in [2.24, 2.45) is 0 Å². The molecule has 0 aromatic heterocycles. The maximum Gasteiger partial charge on any atom is 0.199 e. The number of rotatable bonds is 3. The summed E-state index contributed by atoms with van der Waals surface area (Å²) in [5, 5.41) is 0.676. The van der Waals surface area contributed by atoms with Crippen molar-refractivity contribution in [3.63, 3.8) is 0 Å². The highest BCUT2D eigenvalue weighted by atomic mass is 79.9. The van der Waals surface area contributed by atoms with Crippen LogP contribution in [0.4, 0.5) is 4.39 Å². The Morgan fingerprint density at radius 2 is 1.90 bits per heavy atom. The monoisotopic (exact) mass is 376 g/mol. The summed E-state index contributed by atoms with van der Waals surface area (Å²) in [6.07, 6.45) is 0. The Labute approximate surface area is 133 Å². The Morgan fingerprint density at radius 3 is 2.55 bits per heavy atom. The zero-order valence-electron chi connectivity index (χ0n) is 10.2. The Balaban J connectivity index is 2.54. The van der Waals surface area contributed by atoms with Gasteiger partial charge in [0, 0.05) is 9.50 Å². The number of benzene rings is 2. The molecule has 2 rings (SSSR count). The normalized spacial score (nSPS) is 10.4. The number of carbonyl (C=O) groups is 1. The molecular weight excluding hydrogens is 370 g/mol. The van der Waals surface area contributed by atoms with Crippen LogP contribution in [0, 0.1) is 5.82 Å². The average Bonchev–Trinajstić information content (AvgIpc) is 2.42. The quantitative estimate of drug-likeness (QED) is 0.547. The Hall–Kier alpha value is -1.10. The van der Waals surface area contributed by atoms with E-state index < -0.39 is 11.6 Å². The maximum atomic E-state index is 13.9. The first-order chi connectivity index (χ1) is 9.43. The highest BCUT2D eigenvalue weighted by molar-refractivity contribution is 9.10. The third-order valence-corrected chi connectivity index (χ3v) is 4.09. The van der Waals surface area contributed by atoms with E-state index in [0.717, 1.165) is 6.07 Å². The summed E-state index contributed by atoms with van der Waals surface area (Å²) < 4.78 is 19.4. The summed E-state index contributed by atoms with van der Waals surface area (Å²) in [5.41, 5.74) is 0.0908. The lowest BCUT2D eigenvalue weighted by atomic mass is 10.0. The van der Waals surface area contributed by atoms with Crippen LogP contribution in [0.5, 0.6) is 5.75 Å². The molecule has 20 heavy (non-hydrogen) atoms. The molecule has 2 aromatic rings. The van der Waals surface area contributed by atoms with E-state index in [4.69, 9.17) is 27.9 Å². The summed E-state index contributed by atoms with van der Waals surface area (Å²) >= 11 is 14.8. The summed E-state index contributed by atoms with van der Waals surface area (Å²) in [4.78, 5) is 12.4. The molecule has 0 aliphatic rings. The zero-order valence-corrected chi connectivity index (χ0v) is 13.3. The lowest BCUT2D eigenvalue weighted by molar-refractivity contribution is 0.103. The molecule has 0 aliphatic heterocycles. The minimum absolute atomic E-state index is 0.126. The average molecular weight is 378 g/mol. The molecule has 104 valence electrons. The van der Waals surface area contributed by atoms with Crippen LogP contribution < -0.4 is 4.74 Å². The summed E-state index contributed by atoms with van der Waals surface area (Å²) in [6, 6.07) is 6.94. The van der Waals surface area contributed by atoms with Gasteiger partial charge in [0.2, 0.25) is 0 Å². The number of ether oxygens (including phenoxy) is 1. The van der Waals surface area contributed by atoms with Crippen molar-refractivity contribution in [2.75, 3.05) is 7.11 Å². The minimum atomic E-state index is -0.664. The molecule has 0 fully saturated rings. The van der Waals surface area contributed by atoms with Crippen molar-refractivity contribution in [1.82, 2.24) is 0 Å². The Kier molecular flexibility index (Phi) is 4.68. The van der Waals surface area contributed by atoms with Gasteiger partial charge in [-0.3, -0.25) is 4.79 Å². The van der Waals surface area contributed by atoms with Gasteiger partial charge in [0.05, 0.1) is 23.3 Å². The zero-order chi connectivity index (χ0) is 14.9. The van der Waals surface area contributed by atoms with Crippen molar-refractivity contribution >= 4 is 44.9 Å². The number of hydrogen-bond acceptors (Lipinski definition) is 2. The lowest BCUT2D eigenvalue weighted by Crippen LogP contribution is -2.06. The van der Waals surface area contributed by atoms with E-state index in [1.165, 1.54) is 31.4 Å². The van der Waals surface area contributed by atoms with Crippen molar-refractivity contribution in [1.29, 1.82) is 0 Å². The number of methoxy groups -OCH3 is 1. The number of ketones is 1. The standard InChI is InChI=1S/C14H8BrCl2FO2/c1-20-13-4-7(16)2-3-8(13)14(19)9-5-11(17)10(15)6-12(9)18/h2-6H,1H3. The third-order valence-electron chi connectivity index (χ3n) is 2.66. The molecule has 0 amide bonds. The minimum Gasteiger partial charge on any atom is -0.496 e. The van der Waals surface area contributed by atoms with Crippen LogP contribution in [-0.2, 0) is 0 Å². The lowest BCUT2D eigenvalue weighted by Gasteiger charge is -2.09. The maximum absolute atomic E-state index is 13.9. The molecular formula is C14H8BrCl2FO2. The van der Waals surface area contributed by atoms with E-state index in [0.29, 0.717) is 9.50 Å². The molecule has 0 N–H and O–H groups in total. The second-order valence-electron chi connectivity index (χ2n) is 3.92. The highest BCUT2D eigenvalue weighted by Crippen LogP contribution is 2.30. The fourth-order valence-electron chi connectivity index (χ4n) is 1.69. The molecule has 0 spiro atoms. The van der Waals surface area contributed by atoms with Gasteiger partial charge in [0.15, 0.2) is 5.78 Å². The smallest absolute Gasteiger partial charge is 0.199 e. The van der Waals surface area contributed by atoms with E-state index in [1.54, 1.807) is 0 Å². The molecule has 0 heterocycles. The predicted molar refractivity (Wildman–Crippen MR) is 80.5 cm³/mol. The molecule has 0 aliphatic carbocycles. The van der Waals surface area contributed by atoms with Gasteiger partial charge in [-0.15, -0.1) is 0 Å². The van der Waals surface area contributed by atoms with Gasteiger partial charge in [-0.25, -0.2) is 4.39 Å². The van der Waals surface area contributed by atoms with Crippen molar-refractivity contribution in [3.8, 4) is 5.75 Å². The van der Waals surface area contributed by atoms with Gasteiger partial charge in [-0.2, -0.15) is 0 Å². The van der Waals surface area contributed by atoms with Gasteiger partial charge < -0.3 is 4.74 Å². The van der Waals surface area contributed by atoms with Crippen molar-refractivity contribution in [3.05, 3.63) is 61.8 Å². The predicted octanol–water partition coefficient (Wildman–Crippen LogP) is 5.13. The first-order valence-electron chi connectivity index (χ1n) is 5.47. The molecule has 0 radical (unpaired) electrons. The first-order valence-corrected chi connectivity index (χ1v) is 7.01. The third kappa shape index (κ3) is 2.97. The molecule has 0 atom stereocenters. The largest absolute Gasteiger partial charge is 0.496 e. The van der Waals surface area contributed by atoms with Gasteiger partial charge in [-0.05, 0) is 46.3 Å². The molecule has 0 saturated heterocycles. The van der Waals surface area contributed by atoms with E-state index >= 15 is 0 Å². The molecule has 6 heteroatoms. The van der Waals surface area contributed by atoms with Crippen LogP contribution >= 0.6 is 39.1 Å².